The number of ether oxygens (including phenoxy) is 4. The van der Waals surface area contributed by atoms with Crippen LogP contribution in [0.25, 0.3) is 0 Å². The van der Waals surface area contributed by atoms with Crippen LogP contribution in [0.15, 0.2) is 0 Å². The number of ketones is 3. The van der Waals surface area contributed by atoms with Crippen molar-refractivity contribution in [2.24, 2.45) is 0 Å². The van der Waals surface area contributed by atoms with E-state index in [1.807, 2.05) is 20.8 Å². The van der Waals surface area contributed by atoms with Crippen LogP contribution in [0.5, 0.6) is 0 Å². The van der Waals surface area contributed by atoms with Gasteiger partial charge in [-0.15, -0.1) is 0 Å². The van der Waals surface area contributed by atoms with E-state index in [0.29, 0.717) is 6.41 Å². The van der Waals surface area contributed by atoms with Crippen molar-refractivity contribution in [3.8, 4) is 0 Å². The van der Waals surface area contributed by atoms with Crippen LogP contribution >= 0.6 is 0 Å². The van der Waals surface area contributed by atoms with Gasteiger partial charge in [0.15, 0.2) is 0 Å². The van der Waals surface area contributed by atoms with Gasteiger partial charge < -0.3 is 54.6 Å². The second-order valence-corrected chi connectivity index (χ2v) is 8.33. The van der Waals surface area contributed by atoms with Crippen molar-refractivity contribution in [2.45, 2.75) is 111 Å². The van der Waals surface area contributed by atoms with Crippen molar-refractivity contribution in [3.05, 3.63) is 0 Å². The maximum atomic E-state index is 9.93. The Morgan fingerprint density at radius 2 is 0.585 bits per heavy atom. The zero-order valence-electron chi connectivity index (χ0n) is 36.5. The molecule has 0 aromatic rings. The third-order valence-electron chi connectivity index (χ3n) is 2.11. The van der Waals surface area contributed by atoms with E-state index in [9.17, 15) is 43.2 Å². The van der Waals surface area contributed by atoms with Crippen LogP contribution < -0.4 is 21.3 Å². The molecule has 0 saturated heterocycles. The summed E-state index contributed by atoms with van der Waals surface area (Å²) in [5, 5.41) is 9.60. The number of methoxy groups -OCH3 is 4. The summed E-state index contributed by atoms with van der Waals surface area (Å²) in [5.74, 6) is -0.187. The lowest BCUT2D eigenvalue weighted by Crippen LogP contribution is -2.18. The molecule has 0 spiro atoms. The van der Waals surface area contributed by atoms with E-state index in [4.69, 9.17) is 4.79 Å². The molecule has 0 aliphatic carbocycles. The Morgan fingerprint density at radius 1 is 0.472 bits per heavy atom. The SMILES string of the molecule is C.CC.CC(C)=O.CC(C)=O.CC(C)=O.CCNC(C)=O.CNC(C)=O.CNC(C)=O.CNC=O.COC.COC(C)=O.COC(C)=O.COC(C)=O. The van der Waals surface area contributed by atoms with E-state index in [1.165, 1.54) is 104 Å². The molecule has 0 aliphatic heterocycles. The average Bonchev–Trinajstić information content (AvgIpc) is 3.03. The number of carbonyl (C=O) groups is 10. The summed E-state index contributed by atoms with van der Waals surface area (Å²) in [6, 6.07) is 0. The zero-order chi connectivity index (χ0) is 45.3. The van der Waals surface area contributed by atoms with Crippen molar-refractivity contribution in [2.75, 3.05) is 63.2 Å². The van der Waals surface area contributed by atoms with Crippen LogP contribution in [0.4, 0.5) is 0 Å². The van der Waals surface area contributed by atoms with Gasteiger partial charge >= 0.3 is 17.9 Å². The standard InChI is InChI=1S/C4H9NO.2C3H7NO.3C3H6O2.3C3H6O.C2H5NO.C2H6O.C2H6.CH4/c1-3-5-4(2)6;2*1-3(5)4-2;3*1-3(4)5-2;3*1-3(2)4;1-3-2-4;1-3-2;1-2;/h3H2,1-2H3,(H,5,6);2*1-2H3,(H,4,5);3*1-2H3;3*1-2H3;2H,1H3,(H,3,4);1-2H3;1-2H3;1H4. The molecule has 0 saturated carbocycles. The predicted molar refractivity (Wildman–Crippen MR) is 212 cm³/mol. The van der Waals surface area contributed by atoms with Gasteiger partial charge in [-0.2, -0.15) is 0 Å². The highest BCUT2D eigenvalue weighted by Gasteiger charge is 1.79. The molecule has 18 nitrogen and oxygen atoms in total. The van der Waals surface area contributed by atoms with Gasteiger partial charge in [0.1, 0.15) is 17.3 Å². The fourth-order valence-corrected chi connectivity index (χ4v) is 0.249. The van der Waals surface area contributed by atoms with Gasteiger partial charge in [0, 0.05) is 83.4 Å². The van der Waals surface area contributed by atoms with Crippen LogP contribution in [0, 0.1) is 0 Å². The Kier molecular flexibility index (Phi) is 159. The first-order valence-corrected chi connectivity index (χ1v) is 15.3. The molecule has 4 amide bonds. The van der Waals surface area contributed by atoms with Gasteiger partial charge in [-0.05, 0) is 48.5 Å². The number of esters is 3. The molecule has 0 rings (SSSR count). The normalized spacial score (nSPS) is 6.40. The largest absolute Gasteiger partial charge is 0.469 e. The summed E-state index contributed by atoms with van der Waals surface area (Å²) < 4.78 is 16.6. The highest BCUT2D eigenvalue weighted by Crippen LogP contribution is 1.61. The highest BCUT2D eigenvalue weighted by molar-refractivity contribution is 5.73. The number of nitrogens with one attached hydrogen (secondary N) is 4. The number of rotatable bonds is 2. The first-order chi connectivity index (χ1) is 23.6. The molecule has 0 aliphatic rings. The molecule has 18 heteroatoms. The quantitative estimate of drug-likeness (QED) is 0.178. The summed E-state index contributed by atoms with van der Waals surface area (Å²) in [5.41, 5.74) is 0. The Morgan fingerprint density at radius 3 is 0.585 bits per heavy atom. The fraction of sp³-hybridized carbons (Fsp3) is 0.714. The lowest BCUT2D eigenvalue weighted by atomic mass is 10.6. The third-order valence-corrected chi connectivity index (χ3v) is 2.11. The van der Waals surface area contributed by atoms with Crippen LogP contribution in [-0.2, 0) is 66.9 Å². The van der Waals surface area contributed by atoms with Crippen molar-refractivity contribution in [1.82, 2.24) is 21.3 Å². The summed E-state index contributed by atoms with van der Waals surface area (Å²) in [6.45, 7) is 24.3. The van der Waals surface area contributed by atoms with E-state index in [2.05, 4.69) is 40.2 Å². The molecule has 0 fully saturated rings. The maximum absolute atomic E-state index is 9.93. The van der Waals surface area contributed by atoms with Gasteiger partial charge in [-0.3, -0.25) is 33.6 Å². The summed E-state index contributed by atoms with van der Waals surface area (Å²) in [6.07, 6.45) is 0.625. The maximum Gasteiger partial charge on any atom is 0.302 e. The minimum absolute atomic E-state index is 0. The van der Waals surface area contributed by atoms with E-state index >= 15 is 0 Å². The Balaban J connectivity index is -0.0000000301. The molecule has 4 N–H and O–H groups in total. The Labute approximate surface area is 321 Å². The van der Waals surface area contributed by atoms with Crippen molar-refractivity contribution < 1.29 is 66.9 Å². The first-order valence-electron chi connectivity index (χ1n) is 15.3. The summed E-state index contributed by atoms with van der Waals surface area (Å²) >= 11 is 0. The first kappa shape index (κ1) is 86.7. The van der Waals surface area contributed by atoms with Crippen LogP contribution in [0.1, 0.15) is 111 Å². The van der Waals surface area contributed by atoms with E-state index in [1.54, 1.807) is 35.4 Å². The molecule has 0 bridgehead atoms. The van der Waals surface area contributed by atoms with Gasteiger partial charge in [0.25, 0.3) is 0 Å². The van der Waals surface area contributed by atoms with E-state index in [0.717, 1.165) is 6.54 Å². The molecule has 0 aromatic carbocycles. The van der Waals surface area contributed by atoms with Gasteiger partial charge in [0.05, 0.1) is 21.3 Å². The number of carbonyl (C=O) groups excluding carboxylic acids is 10. The lowest BCUT2D eigenvalue weighted by molar-refractivity contribution is -0.138. The third kappa shape index (κ3) is 1130. The number of amides is 4. The lowest BCUT2D eigenvalue weighted by Gasteiger charge is -1.88. The molecule has 324 valence electrons. The molecule has 53 heavy (non-hydrogen) atoms. The summed E-state index contributed by atoms with van der Waals surface area (Å²) in [4.78, 5) is 95.5. The van der Waals surface area contributed by atoms with Crippen LogP contribution in [0.2, 0.25) is 0 Å². The summed E-state index contributed by atoms with van der Waals surface area (Å²) in [7, 11) is 12.1. The van der Waals surface area contributed by atoms with Crippen molar-refractivity contribution in [3.63, 3.8) is 0 Å². The van der Waals surface area contributed by atoms with Gasteiger partial charge in [-0.25, -0.2) is 0 Å². The number of Topliss-reactive ketones (excluding diaryl/α,β-unsaturated/α-hetero) is 3. The van der Waals surface area contributed by atoms with Crippen molar-refractivity contribution >= 4 is 59.4 Å². The minimum Gasteiger partial charge on any atom is -0.469 e. The minimum atomic E-state index is -0.245. The molecular weight excluding hydrogens is 700 g/mol. The molecule has 0 atom stereocenters. The van der Waals surface area contributed by atoms with Gasteiger partial charge in [0.2, 0.25) is 24.1 Å². The van der Waals surface area contributed by atoms with E-state index in [-0.39, 0.29) is 60.4 Å². The number of hydrogen-bond acceptors (Lipinski definition) is 14. The average molecular weight is 781 g/mol. The number of hydrogen-bond donors (Lipinski definition) is 4. The van der Waals surface area contributed by atoms with Gasteiger partial charge in [-0.1, -0.05) is 21.3 Å². The molecule has 0 radical (unpaired) electrons. The molecule has 0 heterocycles. The highest BCUT2D eigenvalue weighted by atomic mass is 16.5. The molecule has 0 aromatic heterocycles. The second-order valence-electron chi connectivity index (χ2n) is 8.33. The van der Waals surface area contributed by atoms with Crippen LogP contribution in [-0.4, -0.2) is 123 Å². The topological polar surface area (TPSA) is 256 Å². The van der Waals surface area contributed by atoms with E-state index < -0.39 is 0 Å². The van der Waals surface area contributed by atoms with Crippen LogP contribution in [0.3, 0.4) is 0 Å². The Bertz CT molecular complexity index is 701. The Hall–Kier alpha value is -4.74. The molecular formula is C35H80N4O14. The van der Waals surface area contributed by atoms with Crippen molar-refractivity contribution in [1.29, 1.82) is 0 Å². The smallest absolute Gasteiger partial charge is 0.302 e. The molecule has 0 unspecified atom stereocenters. The second kappa shape index (κ2) is 97.2. The predicted octanol–water partition coefficient (Wildman–Crippen LogP) is 3.26. The fourth-order valence-electron chi connectivity index (χ4n) is 0.249. The zero-order valence-corrected chi connectivity index (χ0v) is 36.5. The monoisotopic (exact) mass is 781 g/mol.